The topological polar surface area (TPSA) is 110 Å². The fourth-order valence-electron chi connectivity index (χ4n) is 1.83. The number of nitro benzene ring substituents is 1. The maximum Gasteiger partial charge on any atom is 0.289 e. The molecule has 0 atom stereocenters. The first-order valence-corrected chi connectivity index (χ1v) is 7.68. The normalized spacial score (nSPS) is 12.3. The maximum atomic E-state index is 12.3. The Balaban J connectivity index is 3.28. The first-order valence-electron chi connectivity index (χ1n) is 6.20. The van der Waals surface area contributed by atoms with E-state index in [1.54, 1.807) is 13.8 Å². The molecule has 0 saturated heterocycles. The standard InChI is InChI=1S/C12H18N2O5S/c1-3-12(4-2,9-15)13-20(18,19)11-8-6-5-7-10(11)14(16)17/h5-8,13,15H,3-4,9H2,1-2H3. The maximum absolute atomic E-state index is 12.3. The number of nitrogens with zero attached hydrogens (tertiary/aromatic N) is 1. The van der Waals surface area contributed by atoms with E-state index in [0.717, 1.165) is 6.07 Å². The van der Waals surface area contributed by atoms with Crippen LogP contribution >= 0.6 is 0 Å². The molecule has 0 amide bonds. The average molecular weight is 302 g/mol. The summed E-state index contributed by atoms with van der Waals surface area (Å²) in [5, 5.41) is 20.3. The van der Waals surface area contributed by atoms with Crippen molar-refractivity contribution in [2.75, 3.05) is 6.61 Å². The molecule has 1 aromatic carbocycles. The van der Waals surface area contributed by atoms with E-state index in [9.17, 15) is 23.6 Å². The van der Waals surface area contributed by atoms with E-state index >= 15 is 0 Å². The van der Waals surface area contributed by atoms with Gasteiger partial charge in [0.05, 0.1) is 17.1 Å². The molecule has 20 heavy (non-hydrogen) atoms. The van der Waals surface area contributed by atoms with E-state index in [-0.39, 0.29) is 6.61 Å². The molecule has 7 nitrogen and oxygen atoms in total. The van der Waals surface area contributed by atoms with Crippen molar-refractivity contribution in [3.05, 3.63) is 34.4 Å². The summed E-state index contributed by atoms with van der Waals surface area (Å²) in [5.74, 6) is 0. The van der Waals surface area contributed by atoms with Crippen LogP contribution in [0, 0.1) is 10.1 Å². The van der Waals surface area contributed by atoms with Gasteiger partial charge in [0.15, 0.2) is 4.90 Å². The number of benzene rings is 1. The largest absolute Gasteiger partial charge is 0.394 e. The van der Waals surface area contributed by atoms with Gasteiger partial charge < -0.3 is 5.11 Å². The lowest BCUT2D eigenvalue weighted by Crippen LogP contribution is -2.50. The second-order valence-electron chi connectivity index (χ2n) is 4.48. The molecule has 0 aliphatic rings. The van der Waals surface area contributed by atoms with Gasteiger partial charge in [-0.25, -0.2) is 13.1 Å². The number of hydrogen-bond acceptors (Lipinski definition) is 5. The van der Waals surface area contributed by atoms with Crippen molar-refractivity contribution in [3.63, 3.8) is 0 Å². The van der Waals surface area contributed by atoms with Crippen molar-refractivity contribution in [1.82, 2.24) is 4.72 Å². The van der Waals surface area contributed by atoms with Crippen molar-refractivity contribution < 1.29 is 18.4 Å². The summed E-state index contributed by atoms with van der Waals surface area (Å²) in [4.78, 5) is 9.77. The monoisotopic (exact) mass is 302 g/mol. The number of rotatable bonds is 7. The molecule has 1 rings (SSSR count). The molecule has 0 spiro atoms. The number of hydrogen-bond donors (Lipinski definition) is 2. The molecule has 0 aromatic heterocycles. The fourth-order valence-corrected chi connectivity index (χ4v) is 3.53. The molecule has 0 heterocycles. The number of nitrogens with one attached hydrogen (secondary N) is 1. The fraction of sp³-hybridized carbons (Fsp3) is 0.500. The zero-order valence-electron chi connectivity index (χ0n) is 11.4. The van der Waals surface area contributed by atoms with Crippen LogP contribution in [0.2, 0.25) is 0 Å². The summed E-state index contributed by atoms with van der Waals surface area (Å²) in [6.45, 7) is 3.10. The summed E-state index contributed by atoms with van der Waals surface area (Å²) in [6.07, 6.45) is 0.750. The number of aliphatic hydroxyl groups is 1. The summed E-state index contributed by atoms with van der Waals surface area (Å²) in [7, 11) is -4.08. The van der Waals surface area contributed by atoms with Crippen molar-refractivity contribution in [1.29, 1.82) is 0 Å². The van der Waals surface area contributed by atoms with E-state index in [1.165, 1.54) is 18.2 Å². The van der Waals surface area contributed by atoms with Gasteiger partial charge in [0.25, 0.3) is 5.69 Å². The number of aliphatic hydroxyl groups excluding tert-OH is 1. The SMILES string of the molecule is CCC(CC)(CO)NS(=O)(=O)c1ccccc1[N+](=O)[O-]. The van der Waals surface area contributed by atoms with Gasteiger partial charge in [-0.2, -0.15) is 0 Å². The molecule has 1 aromatic rings. The Bertz CT molecular complexity index is 573. The van der Waals surface area contributed by atoms with Crippen molar-refractivity contribution >= 4 is 15.7 Å². The minimum Gasteiger partial charge on any atom is -0.394 e. The van der Waals surface area contributed by atoms with Gasteiger partial charge in [0.1, 0.15) is 0 Å². The molecule has 0 fully saturated rings. The van der Waals surface area contributed by atoms with E-state index in [4.69, 9.17) is 0 Å². The molecule has 0 unspecified atom stereocenters. The van der Waals surface area contributed by atoms with Crippen LogP contribution in [0.5, 0.6) is 0 Å². The number of nitro groups is 1. The molecule has 0 bridgehead atoms. The molecule has 112 valence electrons. The average Bonchev–Trinajstić information content (AvgIpc) is 2.45. The van der Waals surface area contributed by atoms with Crippen LogP contribution < -0.4 is 4.72 Å². The summed E-state index contributed by atoms with van der Waals surface area (Å²) in [5.41, 5.74) is -1.50. The second kappa shape index (κ2) is 6.29. The van der Waals surface area contributed by atoms with Gasteiger partial charge in [-0.05, 0) is 18.9 Å². The first kappa shape index (κ1) is 16.5. The van der Waals surface area contributed by atoms with Crippen LogP contribution in [-0.2, 0) is 10.0 Å². The van der Waals surface area contributed by atoms with Gasteiger partial charge in [0.2, 0.25) is 10.0 Å². The highest BCUT2D eigenvalue weighted by atomic mass is 32.2. The van der Waals surface area contributed by atoms with Crippen LogP contribution in [0.1, 0.15) is 26.7 Å². The highest BCUT2D eigenvalue weighted by molar-refractivity contribution is 7.89. The van der Waals surface area contributed by atoms with Crippen molar-refractivity contribution in [3.8, 4) is 0 Å². The lowest BCUT2D eigenvalue weighted by molar-refractivity contribution is -0.387. The Morgan fingerprint density at radius 1 is 1.30 bits per heavy atom. The highest BCUT2D eigenvalue weighted by Gasteiger charge is 2.34. The Labute approximate surface area is 117 Å². The summed E-state index contributed by atoms with van der Waals surface area (Å²) >= 11 is 0. The first-order chi connectivity index (χ1) is 9.32. The lowest BCUT2D eigenvalue weighted by Gasteiger charge is -2.30. The molecule has 0 aliphatic carbocycles. The van der Waals surface area contributed by atoms with Crippen LogP contribution in [-0.4, -0.2) is 30.6 Å². The zero-order chi connectivity index (χ0) is 15.4. The third kappa shape index (κ3) is 3.33. The smallest absolute Gasteiger partial charge is 0.289 e. The number of sulfonamides is 1. The molecule has 0 radical (unpaired) electrons. The Morgan fingerprint density at radius 2 is 1.85 bits per heavy atom. The van der Waals surface area contributed by atoms with Crippen LogP contribution in [0.15, 0.2) is 29.2 Å². The van der Waals surface area contributed by atoms with Gasteiger partial charge >= 0.3 is 0 Å². The highest BCUT2D eigenvalue weighted by Crippen LogP contribution is 2.25. The Hall–Kier alpha value is -1.51. The third-order valence-corrected chi connectivity index (χ3v) is 4.98. The van der Waals surface area contributed by atoms with Gasteiger partial charge in [-0.1, -0.05) is 26.0 Å². The quantitative estimate of drug-likeness (QED) is 0.585. The van der Waals surface area contributed by atoms with E-state index in [0.29, 0.717) is 12.8 Å². The summed E-state index contributed by atoms with van der Waals surface area (Å²) < 4.78 is 27.0. The molecule has 8 heteroatoms. The molecule has 0 aliphatic heterocycles. The van der Waals surface area contributed by atoms with Gasteiger partial charge in [-0.3, -0.25) is 10.1 Å². The van der Waals surface area contributed by atoms with Gasteiger partial charge in [0, 0.05) is 6.07 Å². The van der Waals surface area contributed by atoms with Crippen LogP contribution in [0.25, 0.3) is 0 Å². The van der Waals surface area contributed by atoms with Gasteiger partial charge in [-0.15, -0.1) is 0 Å². The van der Waals surface area contributed by atoms with E-state index < -0.39 is 31.1 Å². The number of para-hydroxylation sites is 1. The minimum atomic E-state index is -4.08. The third-order valence-electron chi connectivity index (χ3n) is 3.36. The second-order valence-corrected chi connectivity index (χ2v) is 6.13. The molecular formula is C12H18N2O5S. The lowest BCUT2D eigenvalue weighted by atomic mass is 9.96. The van der Waals surface area contributed by atoms with Crippen molar-refractivity contribution in [2.45, 2.75) is 37.1 Å². The Kier molecular flexibility index (Phi) is 5.21. The van der Waals surface area contributed by atoms with Crippen LogP contribution in [0.3, 0.4) is 0 Å². The minimum absolute atomic E-state index is 0.375. The molecular weight excluding hydrogens is 284 g/mol. The summed E-state index contributed by atoms with van der Waals surface area (Å²) in [6, 6.07) is 5.12. The predicted octanol–water partition coefficient (Wildman–Crippen LogP) is 1.42. The molecule has 2 N–H and O–H groups in total. The van der Waals surface area contributed by atoms with E-state index in [2.05, 4.69) is 4.72 Å². The predicted molar refractivity (Wildman–Crippen MR) is 73.8 cm³/mol. The molecule has 0 saturated carbocycles. The van der Waals surface area contributed by atoms with Crippen LogP contribution in [0.4, 0.5) is 5.69 Å². The van der Waals surface area contributed by atoms with E-state index in [1.807, 2.05) is 0 Å². The Morgan fingerprint density at radius 3 is 2.30 bits per heavy atom. The van der Waals surface area contributed by atoms with Crippen molar-refractivity contribution in [2.24, 2.45) is 0 Å². The zero-order valence-corrected chi connectivity index (χ0v) is 12.2.